The van der Waals surface area contributed by atoms with Crippen molar-refractivity contribution in [2.45, 2.75) is 6.61 Å². The molecule has 0 aliphatic rings. The smallest absolute Gasteiger partial charge is 0.269 e. The molecule has 2 N–H and O–H groups in total. The second-order valence-corrected chi connectivity index (χ2v) is 5.90. The minimum absolute atomic E-state index is 0.340. The van der Waals surface area contributed by atoms with Crippen LogP contribution in [0.25, 0.3) is 0 Å². The van der Waals surface area contributed by atoms with Crippen LogP contribution >= 0.6 is 0 Å². The Morgan fingerprint density at radius 1 is 0.786 bits per heavy atom. The van der Waals surface area contributed by atoms with E-state index < -0.39 is 11.8 Å². The summed E-state index contributed by atoms with van der Waals surface area (Å²) in [6, 6.07) is 24.4. The monoisotopic (exact) mass is 371 g/mol. The molecule has 0 heterocycles. The van der Waals surface area contributed by atoms with Gasteiger partial charge in [0.05, 0.1) is 11.6 Å². The molecule has 0 aliphatic carbocycles. The largest absolute Gasteiger partial charge is 0.489 e. The molecule has 2 amide bonds. The van der Waals surface area contributed by atoms with Gasteiger partial charge >= 0.3 is 0 Å². The van der Waals surface area contributed by atoms with Crippen molar-refractivity contribution in [3.63, 3.8) is 0 Å². The summed E-state index contributed by atoms with van der Waals surface area (Å²) >= 11 is 0. The van der Waals surface area contributed by atoms with Crippen LogP contribution in [0.3, 0.4) is 0 Å². The third-order valence-corrected chi connectivity index (χ3v) is 3.93. The molecule has 0 aromatic heterocycles. The van der Waals surface area contributed by atoms with E-state index >= 15 is 0 Å². The number of benzene rings is 3. The predicted octanol–water partition coefficient (Wildman–Crippen LogP) is 3.21. The minimum atomic E-state index is -0.467. The normalized spacial score (nSPS) is 9.82. The van der Waals surface area contributed by atoms with Gasteiger partial charge in [-0.1, -0.05) is 30.3 Å². The Morgan fingerprint density at radius 2 is 1.32 bits per heavy atom. The quantitative estimate of drug-likeness (QED) is 0.674. The Balaban J connectivity index is 1.51. The maximum absolute atomic E-state index is 12.2. The van der Waals surface area contributed by atoms with Crippen LogP contribution in [0.1, 0.15) is 31.8 Å². The van der Waals surface area contributed by atoms with Gasteiger partial charge in [-0.05, 0) is 54.1 Å². The number of ether oxygens (including phenoxy) is 1. The van der Waals surface area contributed by atoms with Crippen molar-refractivity contribution in [3.05, 3.63) is 101 Å². The molecule has 3 aromatic carbocycles. The number of nitrogens with zero attached hydrogens (tertiary/aromatic N) is 1. The van der Waals surface area contributed by atoms with Crippen LogP contribution in [-0.4, -0.2) is 11.8 Å². The van der Waals surface area contributed by atoms with Gasteiger partial charge < -0.3 is 4.74 Å². The Kier molecular flexibility index (Phi) is 6.01. The molecule has 0 fully saturated rings. The number of nitrogens with one attached hydrogen (secondary N) is 2. The van der Waals surface area contributed by atoms with Gasteiger partial charge in [-0.25, -0.2) is 0 Å². The van der Waals surface area contributed by atoms with Gasteiger partial charge in [0.2, 0.25) is 0 Å². The van der Waals surface area contributed by atoms with Gasteiger partial charge in [0.1, 0.15) is 12.4 Å². The third kappa shape index (κ3) is 4.96. The Labute approximate surface area is 162 Å². The van der Waals surface area contributed by atoms with E-state index in [1.165, 1.54) is 24.3 Å². The number of hydrogen-bond acceptors (Lipinski definition) is 4. The first-order valence-electron chi connectivity index (χ1n) is 8.53. The molecular formula is C22H17N3O3. The van der Waals surface area contributed by atoms with Gasteiger partial charge in [-0.2, -0.15) is 5.26 Å². The van der Waals surface area contributed by atoms with Crippen molar-refractivity contribution in [2.75, 3.05) is 0 Å². The van der Waals surface area contributed by atoms with Gasteiger partial charge in [0, 0.05) is 11.1 Å². The predicted molar refractivity (Wildman–Crippen MR) is 103 cm³/mol. The van der Waals surface area contributed by atoms with Crippen LogP contribution in [0.2, 0.25) is 0 Å². The second kappa shape index (κ2) is 9.01. The Morgan fingerprint density at radius 3 is 1.86 bits per heavy atom. The highest BCUT2D eigenvalue weighted by molar-refractivity contribution is 5.99. The summed E-state index contributed by atoms with van der Waals surface area (Å²) in [7, 11) is 0. The van der Waals surface area contributed by atoms with E-state index in [4.69, 9.17) is 10.00 Å². The molecule has 0 spiro atoms. The Hall–Kier alpha value is -4.11. The summed E-state index contributed by atoms with van der Waals surface area (Å²) in [4.78, 5) is 24.2. The fraction of sp³-hybridized carbons (Fsp3) is 0.0455. The first-order chi connectivity index (χ1) is 13.7. The van der Waals surface area contributed by atoms with E-state index in [9.17, 15) is 9.59 Å². The fourth-order valence-electron chi connectivity index (χ4n) is 2.39. The summed E-state index contributed by atoms with van der Waals surface area (Å²) in [5, 5.41) is 8.77. The number of hydrogen-bond donors (Lipinski definition) is 2. The zero-order valence-electron chi connectivity index (χ0n) is 14.9. The highest BCUT2D eigenvalue weighted by atomic mass is 16.5. The fourth-order valence-corrected chi connectivity index (χ4v) is 2.39. The lowest BCUT2D eigenvalue weighted by Crippen LogP contribution is -2.41. The van der Waals surface area contributed by atoms with Crippen molar-refractivity contribution in [1.29, 1.82) is 5.26 Å². The number of carbonyl (C=O) groups is 2. The summed E-state index contributed by atoms with van der Waals surface area (Å²) in [6.07, 6.45) is 0. The molecule has 138 valence electrons. The first kappa shape index (κ1) is 18.7. The summed E-state index contributed by atoms with van der Waals surface area (Å²) in [5.74, 6) is -0.127. The highest BCUT2D eigenvalue weighted by Gasteiger charge is 2.09. The molecule has 6 heteroatoms. The van der Waals surface area contributed by atoms with Crippen LogP contribution in [0.15, 0.2) is 78.9 Å². The van der Waals surface area contributed by atoms with E-state index in [0.29, 0.717) is 23.3 Å². The zero-order valence-corrected chi connectivity index (χ0v) is 14.9. The van der Waals surface area contributed by atoms with Crippen molar-refractivity contribution in [3.8, 4) is 11.8 Å². The van der Waals surface area contributed by atoms with Crippen LogP contribution in [0, 0.1) is 11.3 Å². The topological polar surface area (TPSA) is 91.2 Å². The number of amides is 2. The molecule has 3 rings (SSSR count). The number of rotatable bonds is 5. The van der Waals surface area contributed by atoms with Crippen molar-refractivity contribution in [2.24, 2.45) is 0 Å². The van der Waals surface area contributed by atoms with Gasteiger partial charge in [0.25, 0.3) is 11.8 Å². The molecule has 0 atom stereocenters. The lowest BCUT2D eigenvalue weighted by molar-refractivity contribution is 0.0846. The molecule has 0 unspecified atom stereocenters. The van der Waals surface area contributed by atoms with Crippen LogP contribution < -0.4 is 15.6 Å². The van der Waals surface area contributed by atoms with Crippen molar-refractivity contribution >= 4 is 11.8 Å². The Bertz CT molecular complexity index is 992. The zero-order chi connectivity index (χ0) is 19.8. The number of carbonyl (C=O) groups excluding carboxylic acids is 2. The van der Waals surface area contributed by atoms with E-state index in [1.807, 2.05) is 36.4 Å². The molecule has 3 aromatic rings. The number of para-hydroxylation sites is 1. The maximum Gasteiger partial charge on any atom is 0.269 e. The van der Waals surface area contributed by atoms with Gasteiger partial charge in [-0.3, -0.25) is 20.4 Å². The van der Waals surface area contributed by atoms with Crippen LogP contribution in [0.4, 0.5) is 0 Å². The lowest BCUT2D eigenvalue weighted by Gasteiger charge is -2.09. The second-order valence-electron chi connectivity index (χ2n) is 5.90. The summed E-state index contributed by atoms with van der Waals surface area (Å²) in [5.41, 5.74) is 6.84. The molecule has 0 bridgehead atoms. The maximum atomic E-state index is 12.2. The standard InChI is InChI=1S/C22H17N3O3/c23-14-16-6-10-18(11-7-16)21(26)24-25-22(27)19-12-8-17(9-13-19)15-28-20-4-2-1-3-5-20/h1-13H,15H2,(H,24,26)(H,25,27). The minimum Gasteiger partial charge on any atom is -0.489 e. The lowest BCUT2D eigenvalue weighted by atomic mass is 10.1. The average Bonchev–Trinajstić information content (AvgIpc) is 2.77. The molecule has 0 radical (unpaired) electrons. The molecular weight excluding hydrogens is 354 g/mol. The van der Waals surface area contributed by atoms with Crippen molar-refractivity contribution < 1.29 is 14.3 Å². The van der Waals surface area contributed by atoms with Crippen LogP contribution in [0.5, 0.6) is 5.75 Å². The summed E-state index contributed by atoms with van der Waals surface area (Å²) < 4.78 is 5.66. The van der Waals surface area contributed by atoms with E-state index in [-0.39, 0.29) is 0 Å². The summed E-state index contributed by atoms with van der Waals surface area (Å²) in [6.45, 7) is 0.390. The van der Waals surface area contributed by atoms with E-state index in [1.54, 1.807) is 24.3 Å². The number of hydrazine groups is 1. The average molecular weight is 371 g/mol. The molecule has 0 aliphatic heterocycles. The highest BCUT2D eigenvalue weighted by Crippen LogP contribution is 2.12. The third-order valence-electron chi connectivity index (χ3n) is 3.93. The molecule has 6 nitrogen and oxygen atoms in total. The molecule has 28 heavy (non-hydrogen) atoms. The van der Waals surface area contributed by atoms with E-state index in [0.717, 1.165) is 11.3 Å². The van der Waals surface area contributed by atoms with Crippen LogP contribution in [-0.2, 0) is 6.61 Å². The SMILES string of the molecule is N#Cc1ccc(C(=O)NNC(=O)c2ccc(COc3ccccc3)cc2)cc1. The van der Waals surface area contributed by atoms with E-state index in [2.05, 4.69) is 10.9 Å². The van der Waals surface area contributed by atoms with Crippen molar-refractivity contribution in [1.82, 2.24) is 10.9 Å². The molecule has 0 saturated carbocycles. The molecule has 0 saturated heterocycles. The van der Waals surface area contributed by atoms with Gasteiger partial charge in [-0.15, -0.1) is 0 Å². The number of nitriles is 1. The van der Waals surface area contributed by atoms with Gasteiger partial charge in [0.15, 0.2) is 0 Å². The first-order valence-corrected chi connectivity index (χ1v) is 8.53.